The van der Waals surface area contributed by atoms with Gasteiger partial charge in [0.05, 0.1) is 0 Å². The molecule has 0 spiro atoms. The van der Waals surface area contributed by atoms with Crippen LogP contribution < -0.4 is 14.9 Å². The molecule has 3 aromatic rings. The zero-order chi connectivity index (χ0) is 22.7. The normalized spacial score (nSPS) is 21.5. The molecule has 2 aromatic carbocycles. The van der Waals surface area contributed by atoms with Crippen LogP contribution in [-0.4, -0.2) is 61.5 Å². The van der Waals surface area contributed by atoms with E-state index in [0.717, 1.165) is 20.9 Å². The van der Waals surface area contributed by atoms with Gasteiger partial charge in [0.2, 0.25) is 0 Å². The molecule has 2 atom stereocenters. The Morgan fingerprint density at radius 2 is 1.94 bits per heavy atom. The van der Waals surface area contributed by atoms with Gasteiger partial charge in [-0.2, -0.15) is 0 Å². The fourth-order valence-electron chi connectivity index (χ4n) is 4.97. The number of nitrogens with zero attached hydrogens (tertiary/aromatic N) is 3. The number of ether oxygens (including phenoxy) is 1. The van der Waals surface area contributed by atoms with Crippen molar-refractivity contribution in [3.63, 3.8) is 0 Å². The van der Waals surface area contributed by atoms with Crippen molar-refractivity contribution in [2.75, 3.05) is 24.8 Å². The molecule has 7 nitrogen and oxygen atoms in total. The predicted molar refractivity (Wildman–Crippen MR) is 120 cm³/mol. The van der Waals surface area contributed by atoms with Crippen LogP contribution >= 0.6 is 0 Å². The van der Waals surface area contributed by atoms with Crippen molar-refractivity contribution in [2.24, 2.45) is 0 Å². The van der Waals surface area contributed by atoms with Gasteiger partial charge in [0, 0.05) is 0 Å². The standard InChI is InChI=1S/C24H20FN3O4Se/c25-16-6-3-4-14-13-33-18-7-2-1-5-15(18)21(20(14)16)28-19-12-32-11-10-26(19)24(31)22-23(30)17(29)8-9-27(22)28/h1-9,19,21,30H,10-13H2/t19-,21-/m1/s1. The third-order valence-electron chi connectivity index (χ3n) is 6.45. The zero-order valence-corrected chi connectivity index (χ0v) is 19.2. The first-order chi connectivity index (χ1) is 16.1. The summed E-state index contributed by atoms with van der Waals surface area (Å²) in [5.74, 6) is -1.36. The van der Waals surface area contributed by atoms with Crippen molar-refractivity contribution in [3.8, 4) is 5.75 Å². The van der Waals surface area contributed by atoms with E-state index in [9.17, 15) is 14.7 Å². The Morgan fingerprint density at radius 3 is 2.82 bits per heavy atom. The van der Waals surface area contributed by atoms with Gasteiger partial charge in [0.25, 0.3) is 0 Å². The van der Waals surface area contributed by atoms with E-state index in [1.807, 2.05) is 29.3 Å². The summed E-state index contributed by atoms with van der Waals surface area (Å²) in [6, 6.07) is 13.8. The Morgan fingerprint density at radius 1 is 1.09 bits per heavy atom. The van der Waals surface area contributed by atoms with Gasteiger partial charge in [-0.1, -0.05) is 0 Å². The van der Waals surface area contributed by atoms with Crippen molar-refractivity contribution in [1.82, 2.24) is 9.58 Å². The molecule has 1 saturated heterocycles. The molecule has 9 heteroatoms. The molecule has 0 unspecified atom stereocenters. The van der Waals surface area contributed by atoms with Gasteiger partial charge in [-0.15, -0.1) is 0 Å². The molecule has 6 rings (SSSR count). The monoisotopic (exact) mass is 513 g/mol. The first-order valence-electron chi connectivity index (χ1n) is 10.7. The summed E-state index contributed by atoms with van der Waals surface area (Å²) in [6.45, 7) is 0.889. The van der Waals surface area contributed by atoms with Crippen LogP contribution in [0.4, 0.5) is 4.39 Å². The maximum atomic E-state index is 15.5. The number of aromatic hydroxyl groups is 1. The van der Waals surface area contributed by atoms with Crippen molar-refractivity contribution in [3.05, 3.63) is 93.2 Å². The van der Waals surface area contributed by atoms with Crippen LogP contribution in [0.25, 0.3) is 0 Å². The van der Waals surface area contributed by atoms with Gasteiger partial charge in [-0.05, 0) is 0 Å². The number of amides is 1. The number of hydrogen-bond acceptors (Lipinski definition) is 5. The molecule has 0 radical (unpaired) electrons. The third-order valence-corrected chi connectivity index (χ3v) is 8.84. The molecular weight excluding hydrogens is 492 g/mol. The summed E-state index contributed by atoms with van der Waals surface area (Å²) < 4.78 is 24.0. The van der Waals surface area contributed by atoms with E-state index in [1.165, 1.54) is 23.0 Å². The molecule has 0 bridgehead atoms. The SMILES string of the molecule is O=C1c2c(O)c(=O)ccn2N([C@@H]2c3ccccc3[Se]Cc3cccc(F)c32)[C@@H]2COCCN12. The maximum absolute atomic E-state index is 15.5. The van der Waals surface area contributed by atoms with Gasteiger partial charge < -0.3 is 0 Å². The average molecular weight is 512 g/mol. The van der Waals surface area contributed by atoms with E-state index in [1.54, 1.807) is 11.0 Å². The second-order valence-corrected chi connectivity index (χ2v) is 10.3. The number of carbonyl (C=O) groups excluding carboxylic acids is 1. The van der Waals surface area contributed by atoms with Gasteiger partial charge in [0.15, 0.2) is 0 Å². The Hall–Kier alpha value is -3.13. The van der Waals surface area contributed by atoms with Crippen LogP contribution in [0.3, 0.4) is 0 Å². The molecule has 1 aromatic heterocycles. The van der Waals surface area contributed by atoms with E-state index >= 15 is 4.39 Å². The molecule has 3 aliphatic rings. The van der Waals surface area contributed by atoms with Gasteiger partial charge in [-0.3, -0.25) is 0 Å². The van der Waals surface area contributed by atoms with E-state index in [-0.39, 0.29) is 33.1 Å². The van der Waals surface area contributed by atoms with E-state index in [0.29, 0.717) is 18.7 Å². The number of aromatic nitrogens is 1. The van der Waals surface area contributed by atoms with Crippen LogP contribution in [0.1, 0.15) is 33.2 Å². The van der Waals surface area contributed by atoms with Gasteiger partial charge >= 0.3 is 195 Å². The molecule has 0 aliphatic carbocycles. The second-order valence-electron chi connectivity index (χ2n) is 8.20. The molecule has 1 fully saturated rings. The summed E-state index contributed by atoms with van der Waals surface area (Å²) in [4.78, 5) is 27.2. The average Bonchev–Trinajstić information content (AvgIpc) is 3.00. The Balaban J connectivity index is 1.68. The topological polar surface area (TPSA) is 75.0 Å². The summed E-state index contributed by atoms with van der Waals surface area (Å²) >= 11 is 0.0940. The van der Waals surface area contributed by atoms with Gasteiger partial charge in [-0.25, -0.2) is 0 Å². The number of halogens is 1. The molecule has 1 N–H and O–H groups in total. The molecule has 1 amide bonds. The zero-order valence-electron chi connectivity index (χ0n) is 17.5. The molecule has 33 heavy (non-hydrogen) atoms. The number of fused-ring (bicyclic) bond motifs is 4. The summed E-state index contributed by atoms with van der Waals surface area (Å²) in [6.07, 6.45) is 0.956. The number of rotatable bonds is 1. The minimum atomic E-state index is -0.627. The molecule has 168 valence electrons. The van der Waals surface area contributed by atoms with Gasteiger partial charge in [0.1, 0.15) is 0 Å². The van der Waals surface area contributed by atoms with E-state index in [4.69, 9.17) is 4.74 Å². The summed E-state index contributed by atoms with van der Waals surface area (Å²) in [5.41, 5.74) is 1.69. The van der Waals surface area contributed by atoms with Crippen molar-refractivity contribution in [2.45, 2.75) is 17.5 Å². The molecule has 0 saturated carbocycles. The fourth-order valence-corrected chi connectivity index (χ4v) is 7.24. The van der Waals surface area contributed by atoms with Crippen LogP contribution in [0.5, 0.6) is 5.75 Å². The Bertz CT molecular complexity index is 1340. The minimum absolute atomic E-state index is 0.0940. The van der Waals surface area contributed by atoms with E-state index < -0.39 is 29.3 Å². The number of hydrogen-bond donors (Lipinski definition) is 1. The van der Waals surface area contributed by atoms with Crippen molar-refractivity contribution in [1.29, 1.82) is 0 Å². The first-order valence-corrected chi connectivity index (χ1v) is 12.7. The van der Waals surface area contributed by atoms with Crippen molar-refractivity contribution < 1.29 is 19.0 Å². The molecule has 3 aliphatic heterocycles. The quantitative estimate of drug-likeness (QED) is 0.494. The molecule has 4 heterocycles. The Kier molecular flexibility index (Phi) is 4.79. The number of benzene rings is 2. The number of carbonyl (C=O) groups is 1. The number of morpholine rings is 1. The van der Waals surface area contributed by atoms with Crippen LogP contribution in [0.15, 0.2) is 59.5 Å². The van der Waals surface area contributed by atoms with Crippen LogP contribution in [0.2, 0.25) is 0 Å². The van der Waals surface area contributed by atoms with Crippen LogP contribution in [0, 0.1) is 5.82 Å². The van der Waals surface area contributed by atoms with Crippen LogP contribution in [-0.2, 0) is 10.1 Å². The molecular formula is C24H20FN3O4Se. The summed E-state index contributed by atoms with van der Waals surface area (Å²) in [5, 5.41) is 13.2. The first kappa shape index (κ1) is 20.5. The van der Waals surface area contributed by atoms with Crippen molar-refractivity contribution >= 4 is 25.3 Å². The number of pyridine rings is 1. The predicted octanol–water partition coefficient (Wildman–Crippen LogP) is 1.08. The Labute approximate surface area is 195 Å². The van der Waals surface area contributed by atoms with E-state index in [2.05, 4.69) is 6.07 Å². The third kappa shape index (κ3) is 3.04. The summed E-state index contributed by atoms with van der Waals surface area (Å²) in [7, 11) is 0. The fraction of sp³-hybridized carbons (Fsp3) is 0.250. The second kappa shape index (κ2) is 7.73.